The molecule has 0 saturated carbocycles. The summed E-state index contributed by atoms with van der Waals surface area (Å²) in [6.07, 6.45) is 0. The number of nitrogens with zero attached hydrogens (tertiary/aromatic N) is 5. The standard InChI is InChI=1S/C28H32N6O5S/c1-32(2)13-14-33(3)28(35)19-9-8-10-21(15-19)34(40(36)37)27-26(30-24-11-6-7-12-25(24)31-27)29-20-16-22(38-4)18-23(17-20)39-5/h6-12,15-18H,13-14H2,1-5H3,(H,29,30)(H,36,37)/p-1. The third kappa shape index (κ3) is 6.65. The third-order valence-electron chi connectivity index (χ3n) is 6.06. The number of hydrogen-bond donors (Lipinski definition) is 1. The van der Waals surface area contributed by atoms with E-state index in [1.807, 2.05) is 25.1 Å². The van der Waals surface area contributed by atoms with Crippen LogP contribution in [0, 0.1) is 0 Å². The van der Waals surface area contributed by atoms with Gasteiger partial charge in [0.15, 0.2) is 11.6 Å². The maximum Gasteiger partial charge on any atom is 0.253 e. The van der Waals surface area contributed by atoms with Crippen molar-refractivity contribution in [3.05, 3.63) is 72.3 Å². The molecule has 1 heterocycles. The summed E-state index contributed by atoms with van der Waals surface area (Å²) >= 11 is -2.81. The second-order valence-corrected chi connectivity index (χ2v) is 10.0. The molecule has 1 atom stereocenters. The van der Waals surface area contributed by atoms with Gasteiger partial charge in [0.1, 0.15) is 11.5 Å². The molecule has 1 aromatic heterocycles. The van der Waals surface area contributed by atoms with E-state index in [1.165, 1.54) is 20.3 Å². The number of carbonyl (C=O) groups excluding carboxylic acids is 1. The lowest BCUT2D eigenvalue weighted by atomic mass is 10.1. The number of ether oxygens (including phenoxy) is 2. The van der Waals surface area contributed by atoms with E-state index in [-0.39, 0.29) is 23.2 Å². The molecule has 12 heteroatoms. The fraction of sp³-hybridized carbons (Fsp3) is 0.250. The molecule has 0 bridgehead atoms. The van der Waals surface area contributed by atoms with Crippen LogP contribution in [0.4, 0.5) is 23.0 Å². The van der Waals surface area contributed by atoms with Crippen LogP contribution in [0.25, 0.3) is 11.0 Å². The van der Waals surface area contributed by atoms with Gasteiger partial charge in [0.25, 0.3) is 5.91 Å². The summed E-state index contributed by atoms with van der Waals surface area (Å²) in [7, 11) is 8.64. The Morgan fingerprint density at radius 2 is 1.55 bits per heavy atom. The Hall–Kier alpha value is -4.26. The molecule has 0 aliphatic heterocycles. The number of benzene rings is 3. The van der Waals surface area contributed by atoms with Gasteiger partial charge in [0.2, 0.25) is 0 Å². The average molecular weight is 564 g/mol. The van der Waals surface area contributed by atoms with Crippen LogP contribution in [0.2, 0.25) is 0 Å². The Kier molecular flexibility index (Phi) is 9.15. The van der Waals surface area contributed by atoms with Gasteiger partial charge in [-0.05, 0) is 44.4 Å². The lowest BCUT2D eigenvalue weighted by molar-refractivity contribution is 0.0786. The molecular formula is C28H31N6O5S-. The van der Waals surface area contributed by atoms with Crippen LogP contribution < -0.4 is 19.1 Å². The molecule has 0 radical (unpaired) electrons. The molecule has 1 N–H and O–H groups in total. The molecule has 3 aromatic carbocycles. The number of carbonyl (C=O) groups is 1. The largest absolute Gasteiger partial charge is 0.755 e. The van der Waals surface area contributed by atoms with Crippen LogP contribution in [0.1, 0.15) is 10.4 Å². The smallest absolute Gasteiger partial charge is 0.253 e. The summed E-state index contributed by atoms with van der Waals surface area (Å²) in [5.74, 6) is 1.04. The first-order valence-corrected chi connectivity index (χ1v) is 13.4. The molecule has 210 valence electrons. The van der Waals surface area contributed by atoms with Crippen LogP contribution in [0.5, 0.6) is 11.5 Å². The minimum atomic E-state index is -2.81. The zero-order valence-corrected chi connectivity index (χ0v) is 23.8. The minimum Gasteiger partial charge on any atom is -0.755 e. The first-order valence-electron chi connectivity index (χ1n) is 12.4. The van der Waals surface area contributed by atoms with Gasteiger partial charge in [0, 0.05) is 49.6 Å². The van der Waals surface area contributed by atoms with Crippen LogP contribution in [-0.2, 0) is 11.3 Å². The normalized spacial score (nSPS) is 11.8. The van der Waals surface area contributed by atoms with Crippen molar-refractivity contribution in [1.29, 1.82) is 0 Å². The van der Waals surface area contributed by atoms with E-state index in [4.69, 9.17) is 9.47 Å². The number of amides is 1. The Morgan fingerprint density at radius 1 is 0.900 bits per heavy atom. The Bertz CT molecular complexity index is 1510. The van der Waals surface area contributed by atoms with E-state index in [0.29, 0.717) is 46.9 Å². The number of nitrogens with one attached hydrogen (secondary N) is 1. The van der Waals surface area contributed by atoms with Gasteiger partial charge < -0.3 is 29.1 Å². The molecule has 1 unspecified atom stereocenters. The molecule has 0 aliphatic rings. The van der Waals surface area contributed by atoms with Crippen molar-refractivity contribution in [2.45, 2.75) is 0 Å². The van der Waals surface area contributed by atoms with Crippen LogP contribution >= 0.6 is 0 Å². The quantitative estimate of drug-likeness (QED) is 0.270. The van der Waals surface area contributed by atoms with Gasteiger partial charge in [-0.25, -0.2) is 9.97 Å². The highest BCUT2D eigenvalue weighted by atomic mass is 32.2. The summed E-state index contributed by atoms with van der Waals surface area (Å²) < 4.78 is 37.2. The van der Waals surface area contributed by atoms with Crippen molar-refractivity contribution in [3.63, 3.8) is 0 Å². The van der Waals surface area contributed by atoms with Gasteiger partial charge in [-0.2, -0.15) is 0 Å². The first kappa shape index (κ1) is 28.7. The maximum absolute atomic E-state index is 13.1. The van der Waals surface area contributed by atoms with Crippen LogP contribution in [0.15, 0.2) is 66.7 Å². The molecule has 0 saturated heterocycles. The number of para-hydroxylation sites is 2. The molecule has 4 rings (SSSR count). The predicted molar refractivity (Wildman–Crippen MR) is 155 cm³/mol. The van der Waals surface area contributed by atoms with E-state index in [1.54, 1.807) is 66.5 Å². The van der Waals surface area contributed by atoms with Crippen LogP contribution in [-0.4, -0.2) is 82.9 Å². The summed E-state index contributed by atoms with van der Waals surface area (Å²) in [5.41, 5.74) is 2.18. The molecule has 1 amide bonds. The monoisotopic (exact) mass is 563 g/mol. The highest BCUT2D eigenvalue weighted by molar-refractivity contribution is 7.81. The van der Waals surface area contributed by atoms with Crippen molar-refractivity contribution in [1.82, 2.24) is 19.8 Å². The topological polar surface area (TPSA) is 123 Å². The SMILES string of the molecule is COc1cc(Nc2nc3ccccc3nc2N(c2cccc(C(=O)N(C)CCN(C)C)c2)S(=O)[O-])cc(OC)c1. The van der Waals surface area contributed by atoms with Gasteiger partial charge in [-0.1, -0.05) is 18.2 Å². The Morgan fingerprint density at radius 3 is 2.15 bits per heavy atom. The lowest BCUT2D eigenvalue weighted by Crippen LogP contribution is -2.33. The van der Waals surface area contributed by atoms with Gasteiger partial charge in [-0.3, -0.25) is 13.3 Å². The summed E-state index contributed by atoms with van der Waals surface area (Å²) in [5, 5.41) is 3.17. The molecule has 40 heavy (non-hydrogen) atoms. The number of hydrogen-bond acceptors (Lipinski definition) is 9. The number of fused-ring (bicyclic) bond motifs is 1. The molecule has 11 nitrogen and oxygen atoms in total. The Labute approximate surface area is 235 Å². The lowest BCUT2D eigenvalue weighted by Gasteiger charge is -2.28. The minimum absolute atomic E-state index is 0.0272. The molecular weight excluding hydrogens is 532 g/mol. The van der Waals surface area contributed by atoms with Crippen molar-refractivity contribution in [2.24, 2.45) is 0 Å². The van der Waals surface area contributed by atoms with E-state index in [0.717, 1.165) is 4.31 Å². The first-order chi connectivity index (χ1) is 19.2. The van der Waals surface area contributed by atoms with E-state index < -0.39 is 11.3 Å². The van der Waals surface area contributed by atoms with Crippen molar-refractivity contribution in [2.75, 3.05) is 58.1 Å². The number of methoxy groups -OCH3 is 2. The number of rotatable bonds is 11. The zero-order chi connectivity index (χ0) is 28.8. The number of aromatic nitrogens is 2. The van der Waals surface area contributed by atoms with Gasteiger partial charge in [-0.15, -0.1) is 0 Å². The zero-order valence-electron chi connectivity index (χ0n) is 23.0. The van der Waals surface area contributed by atoms with E-state index in [2.05, 4.69) is 15.3 Å². The van der Waals surface area contributed by atoms with Crippen molar-refractivity contribution < 1.29 is 23.0 Å². The van der Waals surface area contributed by atoms with Gasteiger partial charge >= 0.3 is 0 Å². The fourth-order valence-corrected chi connectivity index (χ4v) is 4.50. The van der Waals surface area contributed by atoms with Crippen molar-refractivity contribution >= 4 is 51.2 Å². The maximum atomic E-state index is 13.1. The molecule has 0 spiro atoms. The molecule has 0 fully saturated rings. The van der Waals surface area contributed by atoms with Crippen molar-refractivity contribution in [3.8, 4) is 11.5 Å². The number of likely N-dealkylation sites (N-methyl/N-ethyl adjacent to an activating group) is 2. The molecule has 4 aromatic rings. The third-order valence-corrected chi connectivity index (χ3v) is 6.75. The van der Waals surface area contributed by atoms with E-state index in [9.17, 15) is 13.6 Å². The average Bonchev–Trinajstić information content (AvgIpc) is 2.95. The molecule has 0 aliphatic carbocycles. The fourth-order valence-electron chi connectivity index (χ4n) is 3.95. The predicted octanol–water partition coefficient (Wildman–Crippen LogP) is 3.96. The second-order valence-electron chi connectivity index (χ2n) is 9.20. The highest BCUT2D eigenvalue weighted by Crippen LogP contribution is 2.36. The number of anilines is 4. The highest BCUT2D eigenvalue weighted by Gasteiger charge is 2.22. The second kappa shape index (κ2) is 12.7. The summed E-state index contributed by atoms with van der Waals surface area (Å²) in [6.45, 7) is 1.21. The van der Waals surface area contributed by atoms with Crippen LogP contribution in [0.3, 0.4) is 0 Å². The van der Waals surface area contributed by atoms with Gasteiger partial charge in [0.05, 0.1) is 42.2 Å². The summed E-state index contributed by atoms with van der Waals surface area (Å²) in [6, 6.07) is 18.7. The Balaban J connectivity index is 1.80. The van der Waals surface area contributed by atoms with E-state index >= 15 is 0 Å². The summed E-state index contributed by atoms with van der Waals surface area (Å²) in [4.78, 5) is 26.0.